The van der Waals surface area contributed by atoms with Gasteiger partial charge in [0.15, 0.2) is 0 Å². The SMILES string of the molecule is CC(C)c1ccc(C(O)CCCC(=O)N(C)C)cc1. The van der Waals surface area contributed by atoms with E-state index in [9.17, 15) is 9.90 Å². The molecular formula is C16H25NO2. The van der Waals surface area contributed by atoms with Gasteiger partial charge in [-0.1, -0.05) is 38.1 Å². The number of benzene rings is 1. The number of nitrogens with zero attached hydrogens (tertiary/aromatic N) is 1. The molecule has 0 radical (unpaired) electrons. The van der Waals surface area contributed by atoms with E-state index in [-0.39, 0.29) is 5.91 Å². The molecule has 106 valence electrons. The maximum absolute atomic E-state index is 11.4. The molecule has 1 amide bonds. The molecular weight excluding hydrogens is 238 g/mol. The van der Waals surface area contributed by atoms with Gasteiger partial charge in [-0.05, 0) is 29.9 Å². The van der Waals surface area contributed by atoms with E-state index in [0.717, 1.165) is 5.56 Å². The molecule has 19 heavy (non-hydrogen) atoms. The lowest BCUT2D eigenvalue weighted by Gasteiger charge is -2.14. The molecule has 0 saturated carbocycles. The molecule has 1 atom stereocenters. The fourth-order valence-corrected chi connectivity index (χ4v) is 1.94. The topological polar surface area (TPSA) is 40.5 Å². The molecule has 0 spiro atoms. The molecule has 0 saturated heterocycles. The Morgan fingerprint density at radius 2 is 1.68 bits per heavy atom. The average Bonchev–Trinajstić information content (AvgIpc) is 2.38. The summed E-state index contributed by atoms with van der Waals surface area (Å²) in [7, 11) is 3.51. The quantitative estimate of drug-likeness (QED) is 0.856. The number of amides is 1. The zero-order valence-electron chi connectivity index (χ0n) is 12.4. The predicted molar refractivity (Wildman–Crippen MR) is 78.0 cm³/mol. The lowest BCUT2D eigenvalue weighted by atomic mass is 9.98. The molecule has 0 aliphatic carbocycles. The van der Waals surface area contributed by atoms with Crippen LogP contribution in [-0.2, 0) is 4.79 Å². The van der Waals surface area contributed by atoms with Gasteiger partial charge in [0.1, 0.15) is 0 Å². The van der Waals surface area contributed by atoms with Gasteiger partial charge in [-0.25, -0.2) is 0 Å². The van der Waals surface area contributed by atoms with Crippen LogP contribution in [0.2, 0.25) is 0 Å². The molecule has 1 N–H and O–H groups in total. The van der Waals surface area contributed by atoms with Gasteiger partial charge in [0, 0.05) is 20.5 Å². The highest BCUT2D eigenvalue weighted by Crippen LogP contribution is 2.22. The largest absolute Gasteiger partial charge is 0.388 e. The highest BCUT2D eigenvalue weighted by Gasteiger charge is 2.10. The predicted octanol–water partition coefficient (Wildman–Crippen LogP) is 3.10. The number of rotatable bonds is 6. The first kappa shape index (κ1) is 15.7. The first-order chi connectivity index (χ1) is 8.91. The molecule has 3 nitrogen and oxygen atoms in total. The highest BCUT2D eigenvalue weighted by atomic mass is 16.3. The van der Waals surface area contributed by atoms with Crippen LogP contribution >= 0.6 is 0 Å². The van der Waals surface area contributed by atoms with Gasteiger partial charge < -0.3 is 10.0 Å². The van der Waals surface area contributed by atoms with E-state index in [1.54, 1.807) is 19.0 Å². The smallest absolute Gasteiger partial charge is 0.222 e. The minimum Gasteiger partial charge on any atom is -0.388 e. The second-order valence-corrected chi connectivity index (χ2v) is 5.52. The van der Waals surface area contributed by atoms with Crippen LogP contribution in [0.3, 0.4) is 0 Å². The van der Waals surface area contributed by atoms with Crippen molar-refractivity contribution in [3.63, 3.8) is 0 Å². The van der Waals surface area contributed by atoms with Crippen molar-refractivity contribution >= 4 is 5.91 Å². The molecule has 3 heteroatoms. The first-order valence-corrected chi connectivity index (χ1v) is 6.90. The second kappa shape index (κ2) is 7.29. The van der Waals surface area contributed by atoms with Crippen molar-refractivity contribution in [3.8, 4) is 0 Å². The third kappa shape index (κ3) is 5.03. The molecule has 0 aliphatic rings. The number of hydrogen-bond acceptors (Lipinski definition) is 2. The van der Waals surface area contributed by atoms with Crippen LogP contribution < -0.4 is 0 Å². The van der Waals surface area contributed by atoms with Crippen LogP contribution in [0.5, 0.6) is 0 Å². The Bertz CT molecular complexity index is 396. The number of hydrogen-bond donors (Lipinski definition) is 1. The van der Waals surface area contributed by atoms with Crippen LogP contribution in [0.15, 0.2) is 24.3 Å². The van der Waals surface area contributed by atoms with Gasteiger partial charge in [-0.3, -0.25) is 4.79 Å². The molecule has 0 heterocycles. The third-order valence-electron chi connectivity index (χ3n) is 3.35. The first-order valence-electron chi connectivity index (χ1n) is 6.90. The van der Waals surface area contributed by atoms with Crippen molar-refractivity contribution in [3.05, 3.63) is 35.4 Å². The van der Waals surface area contributed by atoms with E-state index in [0.29, 0.717) is 25.2 Å². The Morgan fingerprint density at radius 3 is 2.16 bits per heavy atom. The van der Waals surface area contributed by atoms with Gasteiger partial charge in [-0.2, -0.15) is 0 Å². The maximum atomic E-state index is 11.4. The molecule has 0 aliphatic heterocycles. The molecule has 0 fully saturated rings. The summed E-state index contributed by atoms with van der Waals surface area (Å²) in [6.45, 7) is 4.30. The van der Waals surface area contributed by atoms with E-state index in [1.165, 1.54) is 5.56 Å². The summed E-state index contributed by atoms with van der Waals surface area (Å²) in [6, 6.07) is 8.09. The van der Waals surface area contributed by atoms with Gasteiger partial charge in [-0.15, -0.1) is 0 Å². The van der Waals surface area contributed by atoms with Crippen molar-refractivity contribution in [1.82, 2.24) is 4.90 Å². The van der Waals surface area contributed by atoms with Gasteiger partial charge >= 0.3 is 0 Å². The lowest BCUT2D eigenvalue weighted by Crippen LogP contribution is -2.21. The van der Waals surface area contributed by atoms with Crippen molar-refractivity contribution in [2.45, 2.75) is 45.1 Å². The Kier molecular flexibility index (Phi) is 6.03. The maximum Gasteiger partial charge on any atom is 0.222 e. The van der Waals surface area contributed by atoms with E-state index >= 15 is 0 Å². The standard InChI is InChI=1S/C16H25NO2/c1-12(2)13-8-10-14(11-9-13)15(18)6-5-7-16(19)17(3)4/h8-12,15,18H,5-7H2,1-4H3. The van der Waals surface area contributed by atoms with Crippen molar-refractivity contribution in [1.29, 1.82) is 0 Å². The number of aliphatic hydroxyl groups excluding tert-OH is 1. The van der Waals surface area contributed by atoms with E-state index in [4.69, 9.17) is 0 Å². The Labute approximate surface area is 116 Å². The van der Waals surface area contributed by atoms with Crippen LogP contribution in [0.4, 0.5) is 0 Å². The third-order valence-corrected chi connectivity index (χ3v) is 3.35. The van der Waals surface area contributed by atoms with Crippen LogP contribution in [0, 0.1) is 0 Å². The Hall–Kier alpha value is -1.35. The fourth-order valence-electron chi connectivity index (χ4n) is 1.94. The zero-order chi connectivity index (χ0) is 14.4. The number of carbonyl (C=O) groups is 1. The molecule has 0 aromatic heterocycles. The number of aliphatic hydroxyl groups is 1. The molecule has 1 unspecified atom stereocenters. The minimum atomic E-state index is -0.476. The average molecular weight is 263 g/mol. The number of carbonyl (C=O) groups excluding carboxylic acids is 1. The Balaban J connectivity index is 2.45. The van der Waals surface area contributed by atoms with Crippen molar-refractivity contribution in [2.24, 2.45) is 0 Å². The summed E-state index contributed by atoms with van der Waals surface area (Å²) in [4.78, 5) is 13.0. The molecule has 1 aromatic rings. The minimum absolute atomic E-state index is 0.113. The normalized spacial score (nSPS) is 12.5. The van der Waals surface area contributed by atoms with E-state index < -0.39 is 6.10 Å². The second-order valence-electron chi connectivity index (χ2n) is 5.52. The zero-order valence-corrected chi connectivity index (χ0v) is 12.4. The molecule has 0 bridgehead atoms. The van der Waals surface area contributed by atoms with Gasteiger partial charge in [0.2, 0.25) is 5.91 Å². The van der Waals surface area contributed by atoms with Gasteiger partial charge in [0.05, 0.1) is 6.10 Å². The summed E-state index contributed by atoms with van der Waals surface area (Å²) in [5.41, 5.74) is 2.21. The van der Waals surface area contributed by atoms with Crippen LogP contribution in [0.25, 0.3) is 0 Å². The monoisotopic (exact) mass is 263 g/mol. The fraction of sp³-hybridized carbons (Fsp3) is 0.562. The summed E-state index contributed by atoms with van der Waals surface area (Å²) in [6.07, 6.45) is 1.36. The highest BCUT2D eigenvalue weighted by molar-refractivity contribution is 5.75. The van der Waals surface area contributed by atoms with Gasteiger partial charge in [0.25, 0.3) is 0 Å². The van der Waals surface area contributed by atoms with E-state index in [2.05, 4.69) is 26.0 Å². The van der Waals surface area contributed by atoms with E-state index in [1.807, 2.05) is 12.1 Å². The summed E-state index contributed by atoms with van der Waals surface area (Å²) < 4.78 is 0. The van der Waals surface area contributed by atoms with Crippen molar-refractivity contribution < 1.29 is 9.90 Å². The Morgan fingerprint density at radius 1 is 1.16 bits per heavy atom. The van der Waals surface area contributed by atoms with Crippen LogP contribution in [0.1, 0.15) is 56.3 Å². The lowest BCUT2D eigenvalue weighted by molar-refractivity contribution is -0.128. The van der Waals surface area contributed by atoms with Crippen LogP contribution in [-0.4, -0.2) is 30.0 Å². The summed E-state index contributed by atoms with van der Waals surface area (Å²) >= 11 is 0. The molecule has 1 aromatic carbocycles. The van der Waals surface area contributed by atoms with Crippen molar-refractivity contribution in [2.75, 3.05) is 14.1 Å². The summed E-state index contributed by atoms with van der Waals surface area (Å²) in [5.74, 6) is 0.617. The summed E-state index contributed by atoms with van der Waals surface area (Å²) in [5, 5.41) is 10.1. The molecule has 1 rings (SSSR count).